The molecule has 1 fully saturated rings. The zero-order valence-corrected chi connectivity index (χ0v) is 15.4. The predicted molar refractivity (Wildman–Crippen MR) is 106 cm³/mol. The number of ether oxygens (including phenoxy) is 1. The van der Waals surface area contributed by atoms with Crippen LogP contribution in [0.1, 0.15) is 35.7 Å². The fourth-order valence-corrected chi connectivity index (χ4v) is 2.99. The van der Waals surface area contributed by atoms with Crippen molar-refractivity contribution in [2.45, 2.75) is 19.8 Å². The number of carbonyl (C=O) groups is 2. The van der Waals surface area contributed by atoms with Crippen molar-refractivity contribution in [3.05, 3.63) is 59.8 Å². The highest BCUT2D eigenvalue weighted by molar-refractivity contribution is 6.07. The Bertz CT molecular complexity index is 825. The first-order valence-corrected chi connectivity index (χ1v) is 9.13. The molecule has 1 N–H and O–H groups in total. The van der Waals surface area contributed by atoms with Gasteiger partial charge in [-0.25, -0.2) is 9.78 Å². The first-order valence-electron chi connectivity index (χ1n) is 9.13. The van der Waals surface area contributed by atoms with Gasteiger partial charge in [0.05, 0.1) is 12.2 Å². The van der Waals surface area contributed by atoms with Gasteiger partial charge in [0.2, 0.25) is 0 Å². The van der Waals surface area contributed by atoms with E-state index in [1.54, 1.807) is 43.5 Å². The van der Waals surface area contributed by atoms with Crippen LogP contribution >= 0.6 is 0 Å². The quantitative estimate of drug-likeness (QED) is 0.626. The minimum Gasteiger partial charge on any atom is -0.463 e. The number of hydrogen-bond acceptors (Lipinski definition) is 5. The average molecular weight is 365 g/mol. The average Bonchev–Trinajstić information content (AvgIpc) is 3.22. The van der Waals surface area contributed by atoms with Crippen molar-refractivity contribution in [2.75, 3.05) is 29.9 Å². The molecule has 0 spiro atoms. The second-order valence-electron chi connectivity index (χ2n) is 6.23. The molecule has 0 atom stereocenters. The Hall–Kier alpha value is -3.15. The van der Waals surface area contributed by atoms with Crippen molar-refractivity contribution in [1.29, 1.82) is 0 Å². The highest BCUT2D eigenvalue weighted by Gasteiger charge is 2.20. The lowest BCUT2D eigenvalue weighted by Gasteiger charge is -2.19. The molecule has 140 valence electrons. The molecule has 3 rings (SSSR count). The first kappa shape index (κ1) is 18.6. The molecule has 1 saturated heterocycles. The summed E-state index contributed by atoms with van der Waals surface area (Å²) >= 11 is 0. The highest BCUT2D eigenvalue weighted by Crippen LogP contribution is 2.23. The number of rotatable bonds is 6. The maximum absolute atomic E-state index is 12.7. The highest BCUT2D eigenvalue weighted by atomic mass is 16.5. The molecule has 0 aliphatic carbocycles. The van der Waals surface area contributed by atoms with E-state index in [0.717, 1.165) is 37.3 Å². The summed E-state index contributed by atoms with van der Waals surface area (Å²) < 4.78 is 4.85. The van der Waals surface area contributed by atoms with E-state index < -0.39 is 0 Å². The Balaban J connectivity index is 1.67. The number of carbonyl (C=O) groups excluding carboxylic acids is 2. The van der Waals surface area contributed by atoms with E-state index in [2.05, 4.69) is 15.2 Å². The largest absolute Gasteiger partial charge is 0.463 e. The van der Waals surface area contributed by atoms with Crippen molar-refractivity contribution in [1.82, 2.24) is 4.98 Å². The monoisotopic (exact) mass is 365 g/mol. The number of amides is 1. The van der Waals surface area contributed by atoms with Crippen LogP contribution in [-0.2, 0) is 9.53 Å². The third kappa shape index (κ3) is 4.94. The van der Waals surface area contributed by atoms with Crippen LogP contribution in [0.4, 0.5) is 11.5 Å². The molecule has 0 bridgehead atoms. The molecule has 2 heterocycles. The number of nitrogens with zero attached hydrogens (tertiary/aromatic N) is 2. The summed E-state index contributed by atoms with van der Waals surface area (Å²) in [5.41, 5.74) is 2.11. The van der Waals surface area contributed by atoms with Gasteiger partial charge < -0.3 is 15.0 Å². The second kappa shape index (κ2) is 8.98. The van der Waals surface area contributed by atoms with Gasteiger partial charge in [-0.2, -0.15) is 0 Å². The molecule has 6 heteroatoms. The normalized spacial score (nSPS) is 13.7. The molecular weight excluding hydrogens is 342 g/mol. The van der Waals surface area contributed by atoms with Crippen molar-refractivity contribution >= 4 is 29.5 Å². The topological polar surface area (TPSA) is 71.5 Å². The second-order valence-corrected chi connectivity index (χ2v) is 6.23. The van der Waals surface area contributed by atoms with Gasteiger partial charge in [0.15, 0.2) is 0 Å². The maximum Gasteiger partial charge on any atom is 0.330 e. The van der Waals surface area contributed by atoms with Crippen molar-refractivity contribution in [3.63, 3.8) is 0 Å². The van der Waals surface area contributed by atoms with E-state index in [-0.39, 0.29) is 11.9 Å². The maximum atomic E-state index is 12.7. The molecular formula is C21H23N3O3. The van der Waals surface area contributed by atoms with Gasteiger partial charge in [0, 0.05) is 31.0 Å². The Morgan fingerprint density at radius 2 is 1.93 bits per heavy atom. The minimum atomic E-state index is -0.374. The Morgan fingerprint density at radius 1 is 1.19 bits per heavy atom. The standard InChI is InChI=1S/C21H23N3O3/c1-2-27-19(25)12-9-16-7-10-17(11-8-16)23-21(26)18-6-5-13-22-20(18)24-14-3-4-15-24/h5-13H,2-4,14-15H2,1H3,(H,23,26)/b12-9+. The molecule has 6 nitrogen and oxygen atoms in total. The van der Waals surface area contributed by atoms with Crippen LogP contribution in [0.25, 0.3) is 6.08 Å². The molecule has 0 saturated carbocycles. The lowest BCUT2D eigenvalue weighted by Crippen LogP contribution is -2.24. The van der Waals surface area contributed by atoms with Gasteiger partial charge in [-0.05, 0) is 55.7 Å². The van der Waals surface area contributed by atoms with Crippen LogP contribution in [0.5, 0.6) is 0 Å². The summed E-state index contributed by atoms with van der Waals surface area (Å²) in [6.45, 7) is 3.97. The number of nitrogens with one attached hydrogen (secondary N) is 1. The smallest absolute Gasteiger partial charge is 0.330 e. The van der Waals surface area contributed by atoms with Crippen molar-refractivity contribution in [3.8, 4) is 0 Å². The molecule has 1 amide bonds. The van der Waals surface area contributed by atoms with Gasteiger partial charge in [-0.3, -0.25) is 4.79 Å². The molecule has 0 unspecified atom stereocenters. The lowest BCUT2D eigenvalue weighted by atomic mass is 10.1. The summed E-state index contributed by atoms with van der Waals surface area (Å²) in [5, 5.41) is 2.91. The third-order valence-corrected chi connectivity index (χ3v) is 4.30. The van der Waals surface area contributed by atoms with Crippen LogP contribution in [0.3, 0.4) is 0 Å². The molecule has 0 radical (unpaired) electrons. The molecule has 1 aliphatic rings. The van der Waals surface area contributed by atoms with Gasteiger partial charge >= 0.3 is 5.97 Å². The van der Waals surface area contributed by atoms with Crippen molar-refractivity contribution < 1.29 is 14.3 Å². The van der Waals surface area contributed by atoms with Crippen LogP contribution in [0.15, 0.2) is 48.7 Å². The van der Waals surface area contributed by atoms with Gasteiger partial charge in [0.1, 0.15) is 5.82 Å². The van der Waals surface area contributed by atoms with E-state index in [9.17, 15) is 9.59 Å². The predicted octanol–water partition coefficient (Wildman–Crippen LogP) is 3.51. The summed E-state index contributed by atoms with van der Waals surface area (Å²) in [6, 6.07) is 10.8. The van der Waals surface area contributed by atoms with Crippen LogP contribution in [0.2, 0.25) is 0 Å². The van der Waals surface area contributed by atoms with Crippen LogP contribution in [0, 0.1) is 0 Å². The third-order valence-electron chi connectivity index (χ3n) is 4.30. The fourth-order valence-electron chi connectivity index (χ4n) is 2.99. The summed E-state index contributed by atoms with van der Waals surface area (Å²) in [4.78, 5) is 30.6. The summed E-state index contributed by atoms with van der Waals surface area (Å²) in [7, 11) is 0. The molecule has 2 aromatic rings. The van der Waals surface area contributed by atoms with E-state index in [1.807, 2.05) is 12.1 Å². The summed E-state index contributed by atoms with van der Waals surface area (Å²) in [5.74, 6) is 0.183. The van der Waals surface area contributed by atoms with Gasteiger partial charge in [-0.15, -0.1) is 0 Å². The number of benzene rings is 1. The molecule has 27 heavy (non-hydrogen) atoms. The number of aromatic nitrogens is 1. The van der Waals surface area contributed by atoms with E-state index in [0.29, 0.717) is 17.9 Å². The van der Waals surface area contributed by atoms with Gasteiger partial charge in [-0.1, -0.05) is 12.1 Å². The van der Waals surface area contributed by atoms with Crippen LogP contribution < -0.4 is 10.2 Å². The molecule has 1 aromatic heterocycles. The SMILES string of the molecule is CCOC(=O)/C=C/c1ccc(NC(=O)c2cccnc2N2CCCC2)cc1. The van der Waals surface area contributed by atoms with E-state index in [4.69, 9.17) is 4.74 Å². The zero-order valence-electron chi connectivity index (χ0n) is 15.4. The number of anilines is 2. The molecule has 1 aromatic carbocycles. The Kier molecular flexibility index (Phi) is 6.20. The zero-order chi connectivity index (χ0) is 19.1. The van der Waals surface area contributed by atoms with Crippen molar-refractivity contribution in [2.24, 2.45) is 0 Å². The Labute approximate surface area is 158 Å². The molecule has 1 aliphatic heterocycles. The first-order chi connectivity index (χ1) is 13.2. The summed E-state index contributed by atoms with van der Waals surface area (Å²) in [6.07, 6.45) is 7.02. The van der Waals surface area contributed by atoms with E-state index >= 15 is 0 Å². The number of pyridine rings is 1. The van der Waals surface area contributed by atoms with E-state index in [1.165, 1.54) is 6.08 Å². The van der Waals surface area contributed by atoms with Crippen LogP contribution in [-0.4, -0.2) is 36.6 Å². The minimum absolute atomic E-state index is 0.181. The number of esters is 1. The fraction of sp³-hybridized carbons (Fsp3) is 0.286. The number of hydrogen-bond donors (Lipinski definition) is 1. The Morgan fingerprint density at radius 3 is 2.63 bits per heavy atom. The van der Waals surface area contributed by atoms with Gasteiger partial charge in [0.25, 0.3) is 5.91 Å². The lowest BCUT2D eigenvalue weighted by molar-refractivity contribution is -0.137.